The molecule has 0 spiro atoms. The van der Waals surface area contributed by atoms with E-state index < -0.39 is 11.4 Å². The van der Waals surface area contributed by atoms with Gasteiger partial charge in [0.2, 0.25) is 0 Å². The summed E-state index contributed by atoms with van der Waals surface area (Å²) in [4.78, 5) is 15.2. The van der Waals surface area contributed by atoms with Crippen molar-refractivity contribution in [2.75, 3.05) is 0 Å². The summed E-state index contributed by atoms with van der Waals surface area (Å²) in [7, 11) is 0. The molecule has 0 saturated heterocycles. The summed E-state index contributed by atoms with van der Waals surface area (Å²) in [5.41, 5.74) is 0.538. The summed E-state index contributed by atoms with van der Waals surface area (Å²) in [6.45, 7) is 7.06. The number of rotatable bonds is 3. The van der Waals surface area contributed by atoms with Crippen LogP contribution in [0.2, 0.25) is 0 Å². The van der Waals surface area contributed by atoms with Gasteiger partial charge in [-0.25, -0.2) is 0 Å². The highest BCUT2D eigenvalue weighted by Crippen LogP contribution is 2.24. The number of carboxylic acid groups (broad SMARTS) is 1. The minimum absolute atomic E-state index is 0.555. The Bertz CT molecular complexity index is 345. The number of aliphatic carboxylic acids is 1. The van der Waals surface area contributed by atoms with Crippen LogP contribution in [-0.4, -0.2) is 16.1 Å². The first kappa shape index (κ1) is 10.7. The van der Waals surface area contributed by atoms with Gasteiger partial charge < -0.3 is 5.11 Å². The highest BCUT2D eigenvalue weighted by molar-refractivity contribution is 5.80. The predicted octanol–water partition coefficient (Wildman–Crippen LogP) is 1.82. The summed E-state index contributed by atoms with van der Waals surface area (Å²) in [5.74, 6) is -0.870. The molecule has 0 fully saturated rings. The minimum Gasteiger partial charge on any atom is -0.481 e. The Morgan fingerprint density at radius 2 is 2.29 bits per heavy atom. The molecule has 1 heterocycles. The molecule has 1 aromatic heterocycles. The Morgan fingerprint density at radius 1 is 1.64 bits per heavy atom. The van der Waals surface area contributed by atoms with Crippen LogP contribution in [-0.2, 0) is 16.6 Å². The van der Waals surface area contributed by atoms with Gasteiger partial charge >= 0.3 is 5.97 Å². The fraction of sp³-hybridized carbons (Fsp3) is 0.364. The van der Waals surface area contributed by atoms with Crippen LogP contribution in [0, 0.1) is 6.92 Å². The number of aromatic nitrogens is 1. The number of hydrogen-bond donors (Lipinski definition) is 1. The van der Waals surface area contributed by atoms with Crippen molar-refractivity contribution < 1.29 is 9.90 Å². The van der Waals surface area contributed by atoms with E-state index in [0.29, 0.717) is 12.1 Å². The summed E-state index contributed by atoms with van der Waals surface area (Å²) in [6, 6.07) is 3.65. The summed E-state index contributed by atoms with van der Waals surface area (Å²) >= 11 is 0. The average Bonchev–Trinajstić information content (AvgIpc) is 2.17. The van der Waals surface area contributed by atoms with Gasteiger partial charge in [0.15, 0.2) is 0 Å². The fourth-order valence-electron chi connectivity index (χ4n) is 1.30. The van der Waals surface area contributed by atoms with Gasteiger partial charge in [0, 0.05) is 6.20 Å². The second kappa shape index (κ2) is 3.78. The number of pyridine rings is 1. The molecule has 3 nitrogen and oxygen atoms in total. The van der Waals surface area contributed by atoms with E-state index in [1.807, 2.05) is 6.07 Å². The SMILES string of the molecule is [CH2]Cc1cccnc1C(C)(C)C(=O)O. The van der Waals surface area contributed by atoms with Gasteiger partial charge in [-0.15, -0.1) is 0 Å². The van der Waals surface area contributed by atoms with Crippen LogP contribution in [0.4, 0.5) is 0 Å². The van der Waals surface area contributed by atoms with Gasteiger partial charge in [0.25, 0.3) is 0 Å². The minimum atomic E-state index is -0.950. The monoisotopic (exact) mass is 192 g/mol. The molecule has 0 amide bonds. The molecule has 0 saturated carbocycles. The van der Waals surface area contributed by atoms with E-state index in [4.69, 9.17) is 5.11 Å². The van der Waals surface area contributed by atoms with Crippen LogP contribution >= 0.6 is 0 Å². The Balaban J connectivity index is 3.24. The van der Waals surface area contributed by atoms with Gasteiger partial charge in [-0.1, -0.05) is 6.07 Å². The molecule has 0 bridgehead atoms. The molecule has 0 aliphatic heterocycles. The van der Waals surface area contributed by atoms with Gasteiger partial charge in [0.1, 0.15) is 5.41 Å². The van der Waals surface area contributed by atoms with Gasteiger partial charge in [-0.05, 0) is 38.8 Å². The topological polar surface area (TPSA) is 50.2 Å². The number of hydrogen-bond acceptors (Lipinski definition) is 2. The van der Waals surface area contributed by atoms with E-state index in [1.165, 1.54) is 0 Å². The first-order chi connectivity index (χ1) is 6.50. The zero-order chi connectivity index (χ0) is 10.8. The van der Waals surface area contributed by atoms with Crippen molar-refractivity contribution in [3.05, 3.63) is 36.5 Å². The van der Waals surface area contributed by atoms with Crippen molar-refractivity contribution in [1.29, 1.82) is 0 Å². The normalized spacial score (nSPS) is 11.4. The molecule has 0 atom stereocenters. The van der Waals surface area contributed by atoms with Crippen LogP contribution in [0.5, 0.6) is 0 Å². The molecule has 0 aliphatic rings. The molecular formula is C11H14NO2. The predicted molar refractivity (Wildman–Crippen MR) is 54.0 cm³/mol. The van der Waals surface area contributed by atoms with Gasteiger partial charge in [-0.2, -0.15) is 0 Å². The number of nitrogens with zero attached hydrogens (tertiary/aromatic N) is 1. The Morgan fingerprint density at radius 3 is 2.79 bits per heavy atom. The number of carbonyl (C=O) groups is 1. The third-order valence-electron chi connectivity index (χ3n) is 2.29. The first-order valence-electron chi connectivity index (χ1n) is 4.47. The van der Waals surface area contributed by atoms with E-state index in [9.17, 15) is 4.79 Å². The maximum absolute atomic E-state index is 11.0. The molecule has 75 valence electrons. The van der Waals surface area contributed by atoms with Crippen LogP contribution in [0.15, 0.2) is 18.3 Å². The molecular weight excluding hydrogens is 178 g/mol. The second-order valence-corrected chi connectivity index (χ2v) is 3.69. The Hall–Kier alpha value is -1.38. The molecule has 14 heavy (non-hydrogen) atoms. The zero-order valence-corrected chi connectivity index (χ0v) is 8.45. The Kier molecular flexibility index (Phi) is 2.89. The quantitative estimate of drug-likeness (QED) is 0.794. The van der Waals surface area contributed by atoms with Crippen molar-refractivity contribution in [2.45, 2.75) is 25.7 Å². The van der Waals surface area contributed by atoms with E-state index in [-0.39, 0.29) is 0 Å². The van der Waals surface area contributed by atoms with Crippen molar-refractivity contribution in [1.82, 2.24) is 4.98 Å². The first-order valence-corrected chi connectivity index (χ1v) is 4.47. The molecule has 1 radical (unpaired) electrons. The van der Waals surface area contributed by atoms with Gasteiger partial charge in [-0.3, -0.25) is 9.78 Å². The van der Waals surface area contributed by atoms with Crippen molar-refractivity contribution >= 4 is 5.97 Å². The van der Waals surface area contributed by atoms with E-state index in [1.54, 1.807) is 26.1 Å². The summed E-state index contributed by atoms with van der Waals surface area (Å²) < 4.78 is 0. The lowest BCUT2D eigenvalue weighted by atomic mass is 9.85. The lowest BCUT2D eigenvalue weighted by Crippen LogP contribution is -2.30. The van der Waals surface area contributed by atoms with Crippen LogP contribution in [0.3, 0.4) is 0 Å². The standard InChI is InChI=1S/C11H14NO2/c1-4-8-6-5-7-12-9(8)11(2,3)10(13)14/h5-7H,1,4H2,2-3H3,(H,13,14). The highest BCUT2D eigenvalue weighted by Gasteiger charge is 2.32. The Labute approximate surface area is 83.8 Å². The molecule has 0 unspecified atom stereocenters. The van der Waals surface area contributed by atoms with Crippen molar-refractivity contribution in [2.24, 2.45) is 0 Å². The zero-order valence-electron chi connectivity index (χ0n) is 8.45. The van der Waals surface area contributed by atoms with Crippen LogP contribution in [0.25, 0.3) is 0 Å². The van der Waals surface area contributed by atoms with Crippen molar-refractivity contribution in [3.8, 4) is 0 Å². The largest absolute Gasteiger partial charge is 0.481 e. The third kappa shape index (κ3) is 1.76. The lowest BCUT2D eigenvalue weighted by Gasteiger charge is -2.20. The van der Waals surface area contributed by atoms with Crippen molar-refractivity contribution in [3.63, 3.8) is 0 Å². The van der Waals surface area contributed by atoms with Crippen LogP contribution < -0.4 is 0 Å². The third-order valence-corrected chi connectivity index (χ3v) is 2.29. The second-order valence-electron chi connectivity index (χ2n) is 3.69. The smallest absolute Gasteiger partial charge is 0.315 e. The molecule has 1 aromatic rings. The van der Waals surface area contributed by atoms with E-state index in [2.05, 4.69) is 11.9 Å². The van der Waals surface area contributed by atoms with Gasteiger partial charge in [0.05, 0.1) is 5.69 Å². The fourth-order valence-corrected chi connectivity index (χ4v) is 1.30. The number of carboxylic acids is 1. The van der Waals surface area contributed by atoms with E-state index in [0.717, 1.165) is 5.56 Å². The molecule has 0 aliphatic carbocycles. The van der Waals surface area contributed by atoms with Crippen LogP contribution in [0.1, 0.15) is 25.1 Å². The molecule has 1 N–H and O–H groups in total. The maximum Gasteiger partial charge on any atom is 0.315 e. The summed E-state index contributed by atoms with van der Waals surface area (Å²) in [6.07, 6.45) is 2.17. The molecule has 1 rings (SSSR count). The average molecular weight is 192 g/mol. The molecule has 0 aromatic carbocycles. The van der Waals surface area contributed by atoms with E-state index >= 15 is 0 Å². The highest BCUT2D eigenvalue weighted by atomic mass is 16.4. The lowest BCUT2D eigenvalue weighted by molar-refractivity contribution is -0.142. The molecule has 3 heteroatoms. The summed E-state index contributed by atoms with van der Waals surface area (Å²) in [5, 5.41) is 9.05. The maximum atomic E-state index is 11.0.